The van der Waals surface area contributed by atoms with E-state index in [2.05, 4.69) is 22.4 Å². The summed E-state index contributed by atoms with van der Waals surface area (Å²) in [6, 6.07) is 7.49. The van der Waals surface area contributed by atoms with Crippen LogP contribution in [0.25, 0.3) is 0 Å². The summed E-state index contributed by atoms with van der Waals surface area (Å²) in [6.45, 7) is 3.25. The molecule has 1 fully saturated rings. The molecule has 7 heteroatoms. The van der Waals surface area contributed by atoms with Gasteiger partial charge in [-0.1, -0.05) is 24.6 Å². The third-order valence-corrected chi connectivity index (χ3v) is 4.50. The maximum atomic E-state index is 12.5. The molecule has 1 aliphatic heterocycles. The Hall–Kier alpha value is -2.70. The van der Waals surface area contributed by atoms with Crippen LogP contribution in [-0.2, 0) is 29.1 Å². The Morgan fingerprint density at radius 1 is 1.38 bits per heavy atom. The molecule has 2 aromatic rings. The Balaban J connectivity index is 1.52. The highest BCUT2D eigenvalue weighted by molar-refractivity contribution is 5.83. The standard InChI is InChI=1S/C19H24N4O3/c1-2-5-15-10-17(26-22-15)11-21-19(25)14-7-8-18(24)23(12-14)13-16-6-3-4-9-20-16/h3-4,6,9-10,14H,2,5,7-8,11-13H2,1H3,(H,21,25)/t14-/m0/s1. The van der Waals surface area contributed by atoms with Crippen molar-refractivity contribution in [3.63, 3.8) is 0 Å². The van der Waals surface area contributed by atoms with E-state index in [0.717, 1.165) is 24.2 Å². The van der Waals surface area contributed by atoms with Gasteiger partial charge in [-0.05, 0) is 25.0 Å². The summed E-state index contributed by atoms with van der Waals surface area (Å²) >= 11 is 0. The first-order valence-corrected chi connectivity index (χ1v) is 9.05. The zero-order valence-electron chi connectivity index (χ0n) is 15.0. The van der Waals surface area contributed by atoms with E-state index < -0.39 is 0 Å². The zero-order valence-corrected chi connectivity index (χ0v) is 15.0. The summed E-state index contributed by atoms with van der Waals surface area (Å²) in [5.74, 6) is 0.449. The fourth-order valence-electron chi connectivity index (χ4n) is 3.10. The molecule has 0 saturated carbocycles. The predicted molar refractivity (Wildman–Crippen MR) is 94.7 cm³/mol. The fraction of sp³-hybridized carbons (Fsp3) is 0.474. The molecule has 1 atom stereocenters. The third-order valence-electron chi connectivity index (χ3n) is 4.50. The van der Waals surface area contributed by atoms with Crippen molar-refractivity contribution in [2.75, 3.05) is 6.54 Å². The molecule has 1 saturated heterocycles. The quantitative estimate of drug-likeness (QED) is 0.820. The number of piperidine rings is 1. The van der Waals surface area contributed by atoms with E-state index in [1.165, 1.54) is 0 Å². The van der Waals surface area contributed by atoms with Crippen molar-refractivity contribution in [1.82, 2.24) is 20.4 Å². The average Bonchev–Trinajstić information content (AvgIpc) is 3.10. The SMILES string of the molecule is CCCc1cc(CNC(=O)[C@H]2CCC(=O)N(Cc3ccccn3)C2)on1. The van der Waals surface area contributed by atoms with Crippen molar-refractivity contribution in [3.8, 4) is 0 Å². The number of carbonyl (C=O) groups is 2. The van der Waals surface area contributed by atoms with Gasteiger partial charge in [0.15, 0.2) is 5.76 Å². The Morgan fingerprint density at radius 3 is 3.04 bits per heavy atom. The normalized spacial score (nSPS) is 17.3. The van der Waals surface area contributed by atoms with Gasteiger partial charge in [0, 0.05) is 25.2 Å². The van der Waals surface area contributed by atoms with Gasteiger partial charge in [0.25, 0.3) is 0 Å². The molecule has 0 bridgehead atoms. The van der Waals surface area contributed by atoms with Gasteiger partial charge >= 0.3 is 0 Å². The van der Waals surface area contributed by atoms with Crippen LogP contribution in [0.2, 0.25) is 0 Å². The van der Waals surface area contributed by atoms with Gasteiger partial charge in [-0.2, -0.15) is 0 Å². The summed E-state index contributed by atoms with van der Waals surface area (Å²) in [5, 5.41) is 6.88. The van der Waals surface area contributed by atoms with Gasteiger partial charge in [0.1, 0.15) is 0 Å². The lowest BCUT2D eigenvalue weighted by Crippen LogP contribution is -2.45. The van der Waals surface area contributed by atoms with Crippen LogP contribution in [-0.4, -0.2) is 33.4 Å². The molecule has 0 aliphatic carbocycles. The minimum Gasteiger partial charge on any atom is -0.359 e. The number of aryl methyl sites for hydroxylation is 1. The van der Waals surface area contributed by atoms with Gasteiger partial charge in [-0.25, -0.2) is 0 Å². The molecule has 1 N–H and O–H groups in total. The van der Waals surface area contributed by atoms with Crippen molar-refractivity contribution in [3.05, 3.63) is 47.6 Å². The van der Waals surface area contributed by atoms with Crippen LogP contribution in [0.5, 0.6) is 0 Å². The van der Waals surface area contributed by atoms with E-state index in [4.69, 9.17) is 4.52 Å². The number of hydrogen-bond acceptors (Lipinski definition) is 5. The second-order valence-electron chi connectivity index (χ2n) is 6.58. The molecule has 0 radical (unpaired) electrons. The first-order chi connectivity index (χ1) is 12.7. The number of pyridine rings is 1. The van der Waals surface area contributed by atoms with Gasteiger partial charge in [-0.15, -0.1) is 0 Å². The maximum absolute atomic E-state index is 12.5. The van der Waals surface area contributed by atoms with Gasteiger partial charge < -0.3 is 14.7 Å². The predicted octanol–water partition coefficient (Wildman–Crippen LogP) is 2.08. The van der Waals surface area contributed by atoms with Gasteiger partial charge in [0.05, 0.1) is 30.4 Å². The van der Waals surface area contributed by atoms with Crippen molar-refractivity contribution in [1.29, 1.82) is 0 Å². The average molecular weight is 356 g/mol. The molecule has 138 valence electrons. The summed E-state index contributed by atoms with van der Waals surface area (Å²) in [6.07, 6.45) is 4.53. The molecule has 3 heterocycles. The van der Waals surface area contributed by atoms with Crippen LogP contribution in [0.1, 0.15) is 43.3 Å². The molecule has 3 rings (SSSR count). The third kappa shape index (κ3) is 4.68. The molecule has 0 unspecified atom stereocenters. The van der Waals surface area contributed by atoms with Crippen molar-refractivity contribution in [2.24, 2.45) is 5.92 Å². The molecular formula is C19H24N4O3. The van der Waals surface area contributed by atoms with Crippen LogP contribution in [0, 0.1) is 5.92 Å². The van der Waals surface area contributed by atoms with Crippen molar-refractivity contribution >= 4 is 11.8 Å². The molecular weight excluding hydrogens is 332 g/mol. The Kier molecular flexibility index (Phi) is 5.99. The fourth-order valence-corrected chi connectivity index (χ4v) is 3.10. The number of nitrogens with zero attached hydrogens (tertiary/aromatic N) is 3. The van der Waals surface area contributed by atoms with Crippen molar-refractivity contribution in [2.45, 2.75) is 45.7 Å². The minimum absolute atomic E-state index is 0.0584. The number of nitrogens with one attached hydrogen (secondary N) is 1. The monoisotopic (exact) mass is 356 g/mol. The number of hydrogen-bond donors (Lipinski definition) is 1. The van der Waals surface area contributed by atoms with Crippen molar-refractivity contribution < 1.29 is 14.1 Å². The summed E-state index contributed by atoms with van der Waals surface area (Å²) in [7, 11) is 0. The topological polar surface area (TPSA) is 88.3 Å². The molecule has 1 aliphatic rings. The molecule has 2 aromatic heterocycles. The Bertz CT molecular complexity index is 744. The van der Waals surface area contributed by atoms with Crippen LogP contribution in [0.15, 0.2) is 35.0 Å². The number of aromatic nitrogens is 2. The molecule has 0 spiro atoms. The minimum atomic E-state index is -0.213. The van der Waals surface area contributed by atoms with E-state index in [1.54, 1.807) is 11.1 Å². The van der Waals surface area contributed by atoms with Crippen LogP contribution >= 0.6 is 0 Å². The summed E-state index contributed by atoms with van der Waals surface area (Å²) in [5.41, 5.74) is 1.73. The number of likely N-dealkylation sites (tertiary alicyclic amines) is 1. The Labute approximate surface area is 152 Å². The number of amides is 2. The van der Waals surface area contributed by atoms with E-state index >= 15 is 0 Å². The molecule has 0 aromatic carbocycles. The summed E-state index contributed by atoms with van der Waals surface area (Å²) in [4.78, 5) is 30.6. The second-order valence-corrected chi connectivity index (χ2v) is 6.58. The van der Waals surface area contributed by atoms with E-state index in [0.29, 0.717) is 38.2 Å². The first kappa shape index (κ1) is 18.1. The Morgan fingerprint density at radius 2 is 2.27 bits per heavy atom. The van der Waals surface area contributed by atoms with E-state index in [1.807, 2.05) is 24.3 Å². The first-order valence-electron chi connectivity index (χ1n) is 9.05. The van der Waals surface area contributed by atoms with E-state index in [9.17, 15) is 9.59 Å². The lowest BCUT2D eigenvalue weighted by Gasteiger charge is -2.31. The highest BCUT2D eigenvalue weighted by Gasteiger charge is 2.30. The number of rotatable bonds is 7. The molecule has 2 amide bonds. The van der Waals surface area contributed by atoms with Crippen LogP contribution in [0.3, 0.4) is 0 Å². The summed E-state index contributed by atoms with van der Waals surface area (Å²) < 4.78 is 5.23. The maximum Gasteiger partial charge on any atom is 0.225 e. The molecule has 26 heavy (non-hydrogen) atoms. The van der Waals surface area contributed by atoms with E-state index in [-0.39, 0.29) is 17.7 Å². The van der Waals surface area contributed by atoms with Gasteiger partial charge in [0.2, 0.25) is 11.8 Å². The zero-order chi connectivity index (χ0) is 18.4. The smallest absolute Gasteiger partial charge is 0.225 e. The highest BCUT2D eigenvalue weighted by Crippen LogP contribution is 2.20. The van der Waals surface area contributed by atoms with Crippen LogP contribution in [0.4, 0.5) is 0 Å². The second kappa shape index (κ2) is 8.60. The lowest BCUT2D eigenvalue weighted by atomic mass is 9.96. The number of carbonyl (C=O) groups excluding carboxylic acids is 2. The largest absolute Gasteiger partial charge is 0.359 e. The van der Waals surface area contributed by atoms with Gasteiger partial charge in [-0.3, -0.25) is 14.6 Å². The lowest BCUT2D eigenvalue weighted by molar-refractivity contribution is -0.139. The van der Waals surface area contributed by atoms with Crippen LogP contribution < -0.4 is 5.32 Å². The highest BCUT2D eigenvalue weighted by atomic mass is 16.5. The molecule has 7 nitrogen and oxygen atoms in total.